The molecular formula is C25H21F3N6O8S3. The number of oxime groups is 1. The number of esters is 1. The van der Waals surface area contributed by atoms with Crippen molar-refractivity contribution in [2.24, 2.45) is 5.16 Å². The highest BCUT2D eigenvalue weighted by atomic mass is 32.2. The van der Waals surface area contributed by atoms with E-state index in [0.29, 0.717) is 21.8 Å². The van der Waals surface area contributed by atoms with E-state index in [0.717, 1.165) is 24.3 Å². The lowest BCUT2D eigenvalue weighted by molar-refractivity contribution is -0.384. The van der Waals surface area contributed by atoms with Gasteiger partial charge in [0, 0.05) is 27.7 Å². The molecule has 0 radical (unpaired) electrons. The molecule has 0 spiro atoms. The fraction of sp³-hybridized carbons (Fsp3) is 0.280. The first-order valence-electron chi connectivity index (χ1n) is 12.4. The summed E-state index contributed by atoms with van der Waals surface area (Å²) >= 11 is 2.99. The number of aromatic nitrogens is 1. The van der Waals surface area contributed by atoms with Crippen LogP contribution in [0.1, 0.15) is 18.2 Å². The minimum Gasteiger partial charge on any atom is -0.456 e. The minimum atomic E-state index is -5.16. The maximum atomic E-state index is 13.3. The van der Waals surface area contributed by atoms with E-state index in [2.05, 4.69) is 26.9 Å². The van der Waals surface area contributed by atoms with Gasteiger partial charge in [0.1, 0.15) is 36.5 Å². The molecule has 2 unspecified atom stereocenters. The Bertz CT molecular complexity index is 1610. The van der Waals surface area contributed by atoms with E-state index in [9.17, 15) is 42.5 Å². The number of benzene rings is 1. The van der Waals surface area contributed by atoms with Crippen LogP contribution in [0.5, 0.6) is 0 Å². The molecule has 4 rings (SSSR count). The Kier molecular flexibility index (Phi) is 10.2. The predicted octanol–water partition coefficient (Wildman–Crippen LogP) is 3.52. The van der Waals surface area contributed by atoms with Crippen LogP contribution in [0.25, 0.3) is 0 Å². The number of thioether (sulfide) groups is 2. The lowest BCUT2D eigenvalue weighted by Gasteiger charge is -2.51. The van der Waals surface area contributed by atoms with Crippen LogP contribution in [0.4, 0.5) is 24.0 Å². The Morgan fingerprint density at radius 3 is 2.58 bits per heavy atom. The van der Waals surface area contributed by atoms with Gasteiger partial charge >= 0.3 is 18.1 Å². The van der Waals surface area contributed by atoms with E-state index < -0.39 is 57.0 Å². The third-order valence-electron chi connectivity index (χ3n) is 6.06. The molecule has 20 heteroatoms. The first kappa shape index (κ1) is 33.5. The summed E-state index contributed by atoms with van der Waals surface area (Å²) in [6.45, 7) is 5.21. The van der Waals surface area contributed by atoms with Crippen molar-refractivity contribution in [1.82, 2.24) is 15.2 Å². The van der Waals surface area contributed by atoms with Gasteiger partial charge in [-0.2, -0.15) is 13.2 Å². The molecule has 2 aliphatic heterocycles. The smallest absolute Gasteiger partial charge is 0.456 e. The van der Waals surface area contributed by atoms with Gasteiger partial charge < -0.3 is 14.9 Å². The van der Waals surface area contributed by atoms with Crippen molar-refractivity contribution in [3.63, 3.8) is 0 Å². The molecule has 2 N–H and O–H groups in total. The lowest BCUT2D eigenvalue weighted by atomic mass is 10.0. The standard InChI is InChI=1S/C25H21F3N6O8S3/c1-4-43-18-11(2)45-21-16(20(36)33(21)17(18)22(37)42-9-12-5-7-13(8-6-12)34(39)40)30-19(35)15(32-41-3)14-10-44-24(29-14)31-23(38)25(26,27)28/h4-8,10-11,16,21H,1,9H2,2-3H3,(H,30,35)(H,29,31,38)/t11?,16?,21-/m1/s1. The minimum absolute atomic E-state index is 0.0520. The average Bonchev–Trinajstić information content (AvgIpc) is 3.45. The number of thiazole rings is 1. The molecule has 1 aromatic heterocycles. The van der Waals surface area contributed by atoms with Gasteiger partial charge in [-0.25, -0.2) is 9.78 Å². The first-order chi connectivity index (χ1) is 21.3. The second-order valence-corrected chi connectivity index (χ2v) is 12.3. The van der Waals surface area contributed by atoms with Crippen LogP contribution < -0.4 is 10.6 Å². The number of β-lactam (4-membered cyclic amide) rings is 1. The van der Waals surface area contributed by atoms with Gasteiger partial charge in [0.2, 0.25) is 0 Å². The molecule has 0 saturated carbocycles. The number of rotatable bonds is 11. The lowest BCUT2D eigenvalue weighted by Crippen LogP contribution is -2.71. The highest BCUT2D eigenvalue weighted by Gasteiger charge is 2.56. The van der Waals surface area contributed by atoms with Crippen LogP contribution in [-0.4, -0.2) is 74.2 Å². The summed E-state index contributed by atoms with van der Waals surface area (Å²) in [5, 5.41) is 19.6. The van der Waals surface area contributed by atoms with Gasteiger partial charge in [-0.05, 0) is 30.0 Å². The Hall–Kier alpha value is -4.43. The second kappa shape index (κ2) is 13.7. The van der Waals surface area contributed by atoms with Crippen LogP contribution >= 0.6 is 34.9 Å². The fourth-order valence-corrected chi connectivity index (χ4v) is 7.06. The number of ether oxygens (including phenoxy) is 1. The largest absolute Gasteiger partial charge is 0.471 e. The van der Waals surface area contributed by atoms with Crippen molar-refractivity contribution in [3.8, 4) is 0 Å². The van der Waals surface area contributed by atoms with E-state index >= 15 is 0 Å². The van der Waals surface area contributed by atoms with Gasteiger partial charge in [0.15, 0.2) is 10.8 Å². The first-order valence-corrected chi connectivity index (χ1v) is 15.1. The molecule has 3 heterocycles. The van der Waals surface area contributed by atoms with Gasteiger partial charge in [0.25, 0.3) is 17.5 Å². The number of nitrogens with zero attached hydrogens (tertiary/aromatic N) is 4. The van der Waals surface area contributed by atoms with Crippen molar-refractivity contribution in [2.45, 2.75) is 36.4 Å². The van der Waals surface area contributed by atoms with Crippen molar-refractivity contribution in [1.29, 1.82) is 0 Å². The number of nitrogens with one attached hydrogen (secondary N) is 2. The van der Waals surface area contributed by atoms with E-state index in [4.69, 9.17) is 4.74 Å². The van der Waals surface area contributed by atoms with Crippen LogP contribution in [0, 0.1) is 10.1 Å². The molecule has 45 heavy (non-hydrogen) atoms. The molecule has 0 aliphatic carbocycles. The van der Waals surface area contributed by atoms with E-state index in [1.165, 1.54) is 46.3 Å². The summed E-state index contributed by atoms with van der Waals surface area (Å²) in [6, 6.07) is 4.22. The van der Waals surface area contributed by atoms with Crippen LogP contribution in [-0.2, 0) is 35.4 Å². The van der Waals surface area contributed by atoms with Gasteiger partial charge in [-0.15, -0.1) is 23.1 Å². The number of carbonyl (C=O) groups is 4. The van der Waals surface area contributed by atoms with E-state index in [1.54, 1.807) is 12.2 Å². The van der Waals surface area contributed by atoms with Gasteiger partial charge in [0.05, 0.1) is 4.92 Å². The summed E-state index contributed by atoms with van der Waals surface area (Å²) in [4.78, 5) is 71.5. The molecule has 1 fully saturated rings. The number of alkyl halides is 3. The predicted molar refractivity (Wildman–Crippen MR) is 158 cm³/mol. The number of halogens is 3. The van der Waals surface area contributed by atoms with Crippen molar-refractivity contribution >= 4 is 75.1 Å². The molecule has 1 saturated heterocycles. The molecule has 0 bridgehead atoms. The third kappa shape index (κ3) is 7.28. The average molecular weight is 687 g/mol. The Labute approximate surface area is 264 Å². The molecule has 1 aromatic carbocycles. The quantitative estimate of drug-likeness (QED) is 0.116. The molecule has 3 amide bonds. The third-order valence-corrected chi connectivity index (χ3v) is 9.34. The summed E-state index contributed by atoms with van der Waals surface area (Å²) < 4.78 is 43.2. The van der Waals surface area contributed by atoms with E-state index in [1.807, 2.05) is 0 Å². The fourth-order valence-electron chi connectivity index (χ4n) is 4.04. The molecular weight excluding hydrogens is 666 g/mol. The summed E-state index contributed by atoms with van der Waals surface area (Å²) in [6.07, 6.45) is -5.16. The number of hydrogen-bond donors (Lipinski definition) is 2. The summed E-state index contributed by atoms with van der Waals surface area (Å²) in [7, 11) is 1.11. The normalized spacial score (nSPS) is 19.7. The number of hydrogen-bond acceptors (Lipinski definition) is 13. The van der Waals surface area contributed by atoms with Gasteiger partial charge in [-0.1, -0.05) is 23.5 Å². The monoisotopic (exact) mass is 686 g/mol. The number of fused-ring (bicyclic) bond motifs is 1. The van der Waals surface area contributed by atoms with Crippen molar-refractivity contribution in [3.05, 3.63) is 73.6 Å². The highest BCUT2D eigenvalue weighted by molar-refractivity contribution is 8.08. The number of non-ortho nitro benzene ring substituents is 1. The highest BCUT2D eigenvalue weighted by Crippen LogP contribution is 2.47. The van der Waals surface area contributed by atoms with Gasteiger partial charge in [-0.3, -0.25) is 34.7 Å². The Balaban J connectivity index is 1.50. The van der Waals surface area contributed by atoms with Crippen molar-refractivity contribution in [2.75, 3.05) is 12.4 Å². The van der Waals surface area contributed by atoms with Crippen LogP contribution in [0.2, 0.25) is 0 Å². The summed E-state index contributed by atoms with van der Waals surface area (Å²) in [5.74, 6) is -4.72. The SMILES string of the molecule is C=CSC1=C(C(=O)OCc2ccc([N+](=O)[O-])cc2)N2C(=O)C(NC(=O)C(=NOC)c3csc(NC(=O)C(F)(F)F)n3)[C@H]2SC1C. The molecule has 2 aliphatic rings. The number of nitro benzene ring substituents is 1. The van der Waals surface area contributed by atoms with E-state index in [-0.39, 0.29) is 28.9 Å². The Morgan fingerprint density at radius 2 is 1.98 bits per heavy atom. The molecule has 3 atom stereocenters. The zero-order valence-electron chi connectivity index (χ0n) is 23.0. The number of nitro groups is 1. The molecule has 14 nitrogen and oxygen atoms in total. The topological polar surface area (TPSA) is 182 Å². The Morgan fingerprint density at radius 1 is 1.29 bits per heavy atom. The number of amides is 3. The summed E-state index contributed by atoms with van der Waals surface area (Å²) in [5.41, 5.74) is -0.438. The van der Waals surface area contributed by atoms with Crippen LogP contribution in [0.15, 0.2) is 57.4 Å². The second-order valence-electron chi connectivity index (χ2n) is 8.94. The number of carbonyl (C=O) groups excluding carboxylic acids is 4. The molecule has 238 valence electrons. The maximum Gasteiger partial charge on any atom is 0.471 e. The zero-order chi connectivity index (χ0) is 33.1. The zero-order valence-corrected chi connectivity index (χ0v) is 25.5. The maximum absolute atomic E-state index is 13.3. The van der Waals surface area contributed by atoms with Crippen molar-refractivity contribution < 1.29 is 46.8 Å². The van der Waals surface area contributed by atoms with Crippen LogP contribution in [0.3, 0.4) is 0 Å². The molecule has 2 aromatic rings. The number of anilines is 1.